The van der Waals surface area contributed by atoms with Gasteiger partial charge < -0.3 is 4.90 Å². The van der Waals surface area contributed by atoms with Crippen molar-refractivity contribution in [3.05, 3.63) is 69.7 Å². The molecule has 4 heteroatoms. The summed E-state index contributed by atoms with van der Waals surface area (Å²) in [5.74, 6) is 1.17. The van der Waals surface area contributed by atoms with Gasteiger partial charge in [0.1, 0.15) is 4.87 Å². The number of fused-ring (bicyclic) bond motifs is 3. The monoisotopic (exact) mass is 329 g/mol. The summed E-state index contributed by atoms with van der Waals surface area (Å²) in [6.07, 6.45) is 1.03. The minimum absolute atomic E-state index is 0.125. The Kier molecular flexibility index (Phi) is 3.24. The highest BCUT2D eigenvalue weighted by atomic mass is 35.5. The van der Waals surface area contributed by atoms with Gasteiger partial charge in [-0.05, 0) is 42.9 Å². The first kappa shape index (κ1) is 14.2. The summed E-state index contributed by atoms with van der Waals surface area (Å²) >= 11 is 8.09. The average Bonchev–Trinajstić information content (AvgIpc) is 2.78. The highest BCUT2D eigenvalue weighted by molar-refractivity contribution is 8.00. The molecule has 0 saturated carbocycles. The van der Waals surface area contributed by atoms with Gasteiger partial charge in [0.05, 0.1) is 0 Å². The molecule has 0 bridgehead atoms. The standard InChI is InChI=1S/C18H16ClNOS/c1-12-4-2-5-13(10-12)18-16-11-14(19)6-7-15(16)17(21)20(18)8-3-9-22-18/h2,4-7,10-11H,3,8-9H2,1H3. The van der Waals surface area contributed by atoms with Crippen molar-refractivity contribution in [2.24, 2.45) is 0 Å². The second-order valence-electron chi connectivity index (χ2n) is 5.86. The van der Waals surface area contributed by atoms with Crippen molar-refractivity contribution < 1.29 is 4.79 Å². The summed E-state index contributed by atoms with van der Waals surface area (Å²) < 4.78 is 0. The fraction of sp³-hybridized carbons (Fsp3) is 0.278. The van der Waals surface area contributed by atoms with E-state index in [1.54, 1.807) is 0 Å². The summed E-state index contributed by atoms with van der Waals surface area (Å²) in [4.78, 5) is 14.5. The molecule has 0 aliphatic carbocycles. The van der Waals surface area contributed by atoms with E-state index in [0.717, 1.165) is 29.8 Å². The van der Waals surface area contributed by atoms with E-state index in [-0.39, 0.29) is 5.91 Å². The maximum Gasteiger partial charge on any atom is 0.255 e. The number of hydrogen-bond acceptors (Lipinski definition) is 2. The predicted molar refractivity (Wildman–Crippen MR) is 91.5 cm³/mol. The van der Waals surface area contributed by atoms with E-state index in [2.05, 4.69) is 31.2 Å². The van der Waals surface area contributed by atoms with E-state index in [4.69, 9.17) is 11.6 Å². The zero-order valence-corrected chi connectivity index (χ0v) is 13.9. The molecule has 112 valence electrons. The van der Waals surface area contributed by atoms with Crippen LogP contribution in [-0.4, -0.2) is 23.1 Å². The third kappa shape index (κ3) is 1.85. The number of hydrogen-bond donors (Lipinski definition) is 0. The van der Waals surface area contributed by atoms with Gasteiger partial charge in [0.2, 0.25) is 0 Å². The Hall–Kier alpha value is -1.45. The van der Waals surface area contributed by atoms with Crippen molar-refractivity contribution in [1.29, 1.82) is 0 Å². The second-order valence-corrected chi connectivity index (χ2v) is 7.59. The molecule has 0 N–H and O–H groups in total. The molecule has 2 nitrogen and oxygen atoms in total. The third-order valence-electron chi connectivity index (χ3n) is 4.45. The molecule has 2 aliphatic heterocycles. The first-order valence-corrected chi connectivity index (χ1v) is 8.82. The number of aryl methyl sites for hydroxylation is 1. The molecule has 0 spiro atoms. The van der Waals surface area contributed by atoms with E-state index in [0.29, 0.717) is 5.02 Å². The Balaban J connectivity index is 2.02. The highest BCUT2D eigenvalue weighted by Gasteiger charge is 2.52. The molecule has 0 aromatic heterocycles. The summed E-state index contributed by atoms with van der Waals surface area (Å²) in [5, 5.41) is 0.687. The molecule has 1 unspecified atom stereocenters. The van der Waals surface area contributed by atoms with Crippen LogP contribution in [0.2, 0.25) is 5.02 Å². The van der Waals surface area contributed by atoms with E-state index in [1.807, 2.05) is 34.9 Å². The van der Waals surface area contributed by atoms with Crippen molar-refractivity contribution in [2.75, 3.05) is 12.3 Å². The number of amides is 1. The molecule has 2 aromatic carbocycles. The van der Waals surface area contributed by atoms with Crippen LogP contribution in [0, 0.1) is 6.92 Å². The van der Waals surface area contributed by atoms with Gasteiger partial charge in [0.25, 0.3) is 5.91 Å². The molecule has 0 radical (unpaired) electrons. The normalized spacial score (nSPS) is 23.4. The van der Waals surface area contributed by atoms with Crippen molar-refractivity contribution in [1.82, 2.24) is 4.90 Å². The molecule has 22 heavy (non-hydrogen) atoms. The van der Waals surface area contributed by atoms with Gasteiger partial charge in [-0.25, -0.2) is 0 Å². The maximum atomic E-state index is 12.9. The van der Waals surface area contributed by atoms with Crippen LogP contribution in [0.4, 0.5) is 0 Å². The van der Waals surface area contributed by atoms with Crippen LogP contribution in [0.3, 0.4) is 0 Å². The van der Waals surface area contributed by atoms with Crippen molar-refractivity contribution in [3.8, 4) is 0 Å². The van der Waals surface area contributed by atoms with Crippen LogP contribution in [0.15, 0.2) is 42.5 Å². The zero-order valence-electron chi connectivity index (χ0n) is 12.3. The Labute approximate surface area is 139 Å². The summed E-state index contributed by atoms with van der Waals surface area (Å²) in [5.41, 5.74) is 4.22. The van der Waals surface area contributed by atoms with Crippen molar-refractivity contribution in [3.63, 3.8) is 0 Å². The number of carbonyl (C=O) groups excluding carboxylic acids is 1. The Morgan fingerprint density at radius 3 is 2.91 bits per heavy atom. The number of thioether (sulfide) groups is 1. The molecule has 2 aliphatic rings. The molecule has 1 saturated heterocycles. The second kappa shape index (κ2) is 5.04. The Bertz CT molecular complexity index is 775. The fourth-order valence-electron chi connectivity index (χ4n) is 3.52. The van der Waals surface area contributed by atoms with Gasteiger partial charge in [0.15, 0.2) is 0 Å². The smallest absolute Gasteiger partial charge is 0.255 e. The van der Waals surface area contributed by atoms with Gasteiger partial charge in [-0.1, -0.05) is 41.4 Å². The number of nitrogens with zero attached hydrogens (tertiary/aromatic N) is 1. The lowest BCUT2D eigenvalue weighted by Crippen LogP contribution is -2.46. The van der Waals surface area contributed by atoms with Gasteiger partial charge in [-0.2, -0.15) is 0 Å². The minimum atomic E-state index is -0.415. The number of rotatable bonds is 1. The molecule has 4 rings (SSSR count). The maximum absolute atomic E-state index is 12.9. The molecule has 1 fully saturated rings. The van der Waals surface area contributed by atoms with E-state index in [9.17, 15) is 4.79 Å². The van der Waals surface area contributed by atoms with E-state index >= 15 is 0 Å². The average molecular weight is 330 g/mol. The minimum Gasteiger partial charge on any atom is -0.316 e. The Morgan fingerprint density at radius 1 is 1.23 bits per heavy atom. The van der Waals surface area contributed by atoms with Crippen LogP contribution in [-0.2, 0) is 4.87 Å². The number of carbonyl (C=O) groups is 1. The summed E-state index contributed by atoms with van der Waals surface area (Å²) in [6, 6.07) is 14.1. The lowest BCUT2D eigenvalue weighted by molar-refractivity contribution is 0.0716. The number of halogens is 1. The largest absolute Gasteiger partial charge is 0.316 e. The summed E-state index contributed by atoms with van der Waals surface area (Å²) in [7, 11) is 0. The van der Waals surface area contributed by atoms with Crippen molar-refractivity contribution >= 4 is 29.3 Å². The van der Waals surface area contributed by atoms with Crippen LogP contribution >= 0.6 is 23.4 Å². The molecule has 2 aromatic rings. The molecule has 2 heterocycles. The van der Waals surface area contributed by atoms with Gasteiger partial charge in [-0.3, -0.25) is 4.79 Å². The van der Waals surface area contributed by atoms with Crippen LogP contribution in [0.25, 0.3) is 0 Å². The van der Waals surface area contributed by atoms with Crippen LogP contribution < -0.4 is 0 Å². The molecular formula is C18H16ClNOS. The van der Waals surface area contributed by atoms with Gasteiger partial charge in [0, 0.05) is 22.7 Å². The molecular weight excluding hydrogens is 314 g/mol. The number of benzene rings is 2. The molecule has 1 atom stereocenters. The van der Waals surface area contributed by atoms with Gasteiger partial charge >= 0.3 is 0 Å². The van der Waals surface area contributed by atoms with Crippen molar-refractivity contribution in [2.45, 2.75) is 18.2 Å². The zero-order chi connectivity index (χ0) is 15.3. The predicted octanol–water partition coefficient (Wildman–Crippen LogP) is 4.44. The topological polar surface area (TPSA) is 20.3 Å². The lowest BCUT2D eigenvalue weighted by Gasteiger charge is -2.42. The van der Waals surface area contributed by atoms with Crippen LogP contribution in [0.1, 0.15) is 33.5 Å². The summed E-state index contributed by atoms with van der Waals surface area (Å²) in [6.45, 7) is 2.89. The van der Waals surface area contributed by atoms with Crippen LogP contribution in [0.5, 0.6) is 0 Å². The van der Waals surface area contributed by atoms with Gasteiger partial charge in [-0.15, -0.1) is 11.8 Å². The third-order valence-corrected chi connectivity index (χ3v) is 6.27. The fourth-order valence-corrected chi connectivity index (χ4v) is 5.21. The van der Waals surface area contributed by atoms with E-state index in [1.165, 1.54) is 11.1 Å². The quantitative estimate of drug-likeness (QED) is 0.770. The Morgan fingerprint density at radius 2 is 2.09 bits per heavy atom. The highest BCUT2D eigenvalue weighted by Crippen LogP contribution is 2.54. The first-order valence-electron chi connectivity index (χ1n) is 7.46. The first-order chi connectivity index (χ1) is 10.6. The lowest BCUT2D eigenvalue weighted by atomic mass is 9.95. The SMILES string of the molecule is Cc1cccc(C23SCCCN2C(=O)c2ccc(Cl)cc23)c1. The molecule has 1 amide bonds. The van der Waals surface area contributed by atoms with E-state index < -0.39 is 4.87 Å².